The Balaban J connectivity index is 1.74. The molecule has 6 nitrogen and oxygen atoms in total. The van der Waals surface area contributed by atoms with Crippen molar-refractivity contribution in [3.63, 3.8) is 0 Å². The van der Waals surface area contributed by atoms with Crippen molar-refractivity contribution in [1.29, 1.82) is 0 Å². The molecule has 0 fully saturated rings. The molecule has 6 heteroatoms. The number of nitrogens with one attached hydrogen (secondary N) is 2. The van der Waals surface area contributed by atoms with Gasteiger partial charge in [-0.3, -0.25) is 0 Å². The smallest absolute Gasteiger partial charge is 0.319 e. The molecule has 2 amide bonds. The molecule has 0 aliphatic heterocycles. The number of hydrogen-bond acceptors (Lipinski definition) is 4. The normalized spacial score (nSPS) is 10.7. The van der Waals surface area contributed by atoms with Crippen LogP contribution in [-0.2, 0) is 0 Å². The van der Waals surface area contributed by atoms with Gasteiger partial charge < -0.3 is 15.2 Å². The van der Waals surface area contributed by atoms with Crippen LogP contribution < -0.4 is 10.6 Å². The van der Waals surface area contributed by atoms with Crippen LogP contribution in [-0.4, -0.2) is 22.7 Å². The highest BCUT2D eigenvalue weighted by Crippen LogP contribution is 2.23. The van der Waals surface area contributed by atoms with Crippen LogP contribution in [0.3, 0.4) is 0 Å². The van der Waals surface area contributed by atoms with E-state index in [1.165, 1.54) is 0 Å². The van der Waals surface area contributed by atoms with Gasteiger partial charge in [-0.1, -0.05) is 49.3 Å². The molecule has 2 aromatic carbocycles. The zero-order chi connectivity index (χ0) is 17.6. The Morgan fingerprint density at radius 2 is 1.84 bits per heavy atom. The lowest BCUT2D eigenvalue weighted by Gasteiger charge is -2.09. The Kier molecular flexibility index (Phi) is 5.09. The Morgan fingerprint density at radius 3 is 2.60 bits per heavy atom. The van der Waals surface area contributed by atoms with E-state index in [2.05, 4.69) is 20.8 Å². The number of anilines is 1. The van der Waals surface area contributed by atoms with Crippen molar-refractivity contribution in [2.24, 2.45) is 5.92 Å². The standard InChI is InChI=1S/C19H20N4O2/c1-13(2)12-20-19(24)21-16-10-6-9-15(11-16)17-22-18(25-23-17)14-7-4-3-5-8-14/h3-11,13H,12H2,1-2H3,(H2,20,21,24). The maximum atomic E-state index is 11.9. The van der Waals surface area contributed by atoms with Crippen molar-refractivity contribution in [2.45, 2.75) is 13.8 Å². The molecular formula is C19H20N4O2. The van der Waals surface area contributed by atoms with Gasteiger partial charge in [0.2, 0.25) is 5.82 Å². The molecule has 0 bridgehead atoms. The van der Waals surface area contributed by atoms with Crippen LogP contribution in [0.25, 0.3) is 22.8 Å². The van der Waals surface area contributed by atoms with Crippen molar-refractivity contribution in [3.05, 3.63) is 54.6 Å². The van der Waals surface area contributed by atoms with Crippen LogP contribution >= 0.6 is 0 Å². The molecular weight excluding hydrogens is 316 g/mol. The minimum absolute atomic E-state index is 0.232. The molecule has 0 radical (unpaired) electrons. The van der Waals surface area contributed by atoms with Crippen LogP contribution in [0.4, 0.5) is 10.5 Å². The molecule has 0 aliphatic rings. The highest BCUT2D eigenvalue weighted by atomic mass is 16.5. The first-order valence-electron chi connectivity index (χ1n) is 8.16. The van der Waals surface area contributed by atoms with E-state index in [0.29, 0.717) is 29.9 Å². The van der Waals surface area contributed by atoms with Gasteiger partial charge in [-0.15, -0.1) is 0 Å². The van der Waals surface area contributed by atoms with E-state index in [1.54, 1.807) is 0 Å². The highest BCUT2D eigenvalue weighted by Gasteiger charge is 2.11. The van der Waals surface area contributed by atoms with Crippen molar-refractivity contribution in [1.82, 2.24) is 15.5 Å². The van der Waals surface area contributed by atoms with Crippen molar-refractivity contribution in [3.8, 4) is 22.8 Å². The number of carbonyl (C=O) groups is 1. The first-order chi connectivity index (χ1) is 12.1. The number of rotatable bonds is 5. The summed E-state index contributed by atoms with van der Waals surface area (Å²) in [6.07, 6.45) is 0. The molecule has 0 saturated heterocycles. The molecule has 25 heavy (non-hydrogen) atoms. The number of nitrogens with zero attached hydrogens (tertiary/aromatic N) is 2. The Bertz CT molecular complexity index is 843. The third kappa shape index (κ3) is 4.44. The number of benzene rings is 2. The summed E-state index contributed by atoms with van der Waals surface area (Å²) < 4.78 is 5.33. The van der Waals surface area contributed by atoms with Gasteiger partial charge in [0.1, 0.15) is 0 Å². The first-order valence-corrected chi connectivity index (χ1v) is 8.16. The van der Waals surface area contributed by atoms with Gasteiger partial charge in [0.05, 0.1) is 0 Å². The molecule has 0 unspecified atom stereocenters. The lowest BCUT2D eigenvalue weighted by molar-refractivity contribution is 0.251. The third-order valence-corrected chi connectivity index (χ3v) is 3.50. The predicted molar refractivity (Wildman–Crippen MR) is 97.0 cm³/mol. The zero-order valence-electron chi connectivity index (χ0n) is 14.2. The summed E-state index contributed by atoms with van der Waals surface area (Å²) in [6.45, 7) is 4.71. The lowest BCUT2D eigenvalue weighted by atomic mass is 10.2. The molecule has 1 heterocycles. The fourth-order valence-corrected chi connectivity index (χ4v) is 2.25. The fraction of sp³-hybridized carbons (Fsp3) is 0.211. The van der Waals surface area contributed by atoms with Gasteiger partial charge in [0.25, 0.3) is 5.89 Å². The molecule has 3 rings (SSSR count). The van der Waals surface area contributed by atoms with E-state index < -0.39 is 0 Å². The maximum absolute atomic E-state index is 11.9. The van der Waals surface area contributed by atoms with Gasteiger partial charge in [0, 0.05) is 23.4 Å². The number of aromatic nitrogens is 2. The molecule has 0 atom stereocenters. The van der Waals surface area contributed by atoms with Crippen LogP contribution in [0.1, 0.15) is 13.8 Å². The van der Waals surface area contributed by atoms with Gasteiger partial charge in [-0.2, -0.15) is 4.98 Å². The SMILES string of the molecule is CC(C)CNC(=O)Nc1cccc(-c2noc(-c3ccccc3)n2)c1. The Morgan fingerprint density at radius 1 is 1.08 bits per heavy atom. The maximum Gasteiger partial charge on any atom is 0.319 e. The topological polar surface area (TPSA) is 80.0 Å². The van der Waals surface area contributed by atoms with Crippen LogP contribution in [0.5, 0.6) is 0 Å². The highest BCUT2D eigenvalue weighted by molar-refractivity contribution is 5.89. The van der Waals surface area contributed by atoms with Gasteiger partial charge >= 0.3 is 6.03 Å². The summed E-state index contributed by atoms with van der Waals surface area (Å²) in [5.41, 5.74) is 2.31. The van der Waals surface area contributed by atoms with Crippen LogP contribution in [0.15, 0.2) is 59.1 Å². The first kappa shape index (κ1) is 16.7. The second kappa shape index (κ2) is 7.61. The summed E-state index contributed by atoms with van der Waals surface area (Å²) >= 11 is 0. The number of urea groups is 1. The third-order valence-electron chi connectivity index (χ3n) is 3.50. The fourth-order valence-electron chi connectivity index (χ4n) is 2.25. The average Bonchev–Trinajstić information content (AvgIpc) is 3.11. The van der Waals surface area contributed by atoms with E-state index in [4.69, 9.17) is 4.52 Å². The van der Waals surface area contributed by atoms with E-state index in [1.807, 2.05) is 68.4 Å². The molecule has 1 aromatic heterocycles. The van der Waals surface area contributed by atoms with Crippen molar-refractivity contribution < 1.29 is 9.32 Å². The Hall–Kier alpha value is -3.15. The summed E-state index contributed by atoms with van der Waals surface area (Å²) in [6, 6.07) is 16.7. The Labute approximate surface area is 146 Å². The molecule has 0 saturated carbocycles. The summed E-state index contributed by atoms with van der Waals surface area (Å²) in [7, 11) is 0. The largest absolute Gasteiger partial charge is 0.338 e. The summed E-state index contributed by atoms with van der Waals surface area (Å²) in [4.78, 5) is 16.3. The number of hydrogen-bond donors (Lipinski definition) is 2. The van der Waals surface area contributed by atoms with Crippen LogP contribution in [0, 0.1) is 5.92 Å². The molecule has 3 aromatic rings. The van der Waals surface area contributed by atoms with Crippen molar-refractivity contribution in [2.75, 3.05) is 11.9 Å². The molecule has 2 N–H and O–H groups in total. The van der Waals surface area contributed by atoms with Crippen molar-refractivity contribution >= 4 is 11.7 Å². The minimum Gasteiger partial charge on any atom is -0.338 e. The average molecular weight is 336 g/mol. The van der Waals surface area contributed by atoms with E-state index in [-0.39, 0.29) is 6.03 Å². The second-order valence-corrected chi connectivity index (χ2v) is 6.10. The monoisotopic (exact) mass is 336 g/mol. The zero-order valence-corrected chi connectivity index (χ0v) is 14.2. The van der Waals surface area contributed by atoms with E-state index in [0.717, 1.165) is 11.1 Å². The second-order valence-electron chi connectivity index (χ2n) is 6.10. The summed E-state index contributed by atoms with van der Waals surface area (Å²) in [5, 5.41) is 9.65. The van der Waals surface area contributed by atoms with E-state index >= 15 is 0 Å². The van der Waals surface area contributed by atoms with Gasteiger partial charge in [-0.05, 0) is 30.2 Å². The molecule has 0 aliphatic carbocycles. The minimum atomic E-state index is -0.232. The van der Waals surface area contributed by atoms with Crippen LogP contribution in [0.2, 0.25) is 0 Å². The molecule has 128 valence electrons. The van der Waals surface area contributed by atoms with E-state index in [9.17, 15) is 4.79 Å². The summed E-state index contributed by atoms with van der Waals surface area (Å²) in [5.74, 6) is 1.33. The van der Waals surface area contributed by atoms with Gasteiger partial charge in [-0.25, -0.2) is 4.79 Å². The molecule has 0 spiro atoms. The predicted octanol–water partition coefficient (Wildman–Crippen LogP) is 4.18. The van der Waals surface area contributed by atoms with Gasteiger partial charge in [0.15, 0.2) is 0 Å². The lowest BCUT2D eigenvalue weighted by Crippen LogP contribution is -2.31. The number of amides is 2. The quantitative estimate of drug-likeness (QED) is 0.732. The number of carbonyl (C=O) groups excluding carboxylic acids is 1.